The van der Waals surface area contributed by atoms with Gasteiger partial charge in [-0.1, -0.05) is 6.92 Å². The maximum atomic E-state index is 12.5. The van der Waals surface area contributed by atoms with Crippen molar-refractivity contribution >= 4 is 17.8 Å². The number of aliphatic carboxylic acids is 1. The first kappa shape index (κ1) is 19.7. The van der Waals surface area contributed by atoms with E-state index < -0.39 is 11.9 Å². The fourth-order valence-corrected chi connectivity index (χ4v) is 3.56. The smallest absolute Gasteiger partial charge is 0.308 e. The van der Waals surface area contributed by atoms with Crippen LogP contribution >= 0.6 is 0 Å². The molecule has 2 atom stereocenters. The topological polar surface area (TPSA) is 98.7 Å². The van der Waals surface area contributed by atoms with E-state index in [1.165, 1.54) is 0 Å². The van der Waals surface area contributed by atoms with Crippen LogP contribution in [0.5, 0.6) is 0 Å². The van der Waals surface area contributed by atoms with E-state index in [2.05, 4.69) is 10.6 Å². The third kappa shape index (κ3) is 6.30. The van der Waals surface area contributed by atoms with Crippen LogP contribution in [0.15, 0.2) is 0 Å². The molecule has 2 saturated heterocycles. The summed E-state index contributed by atoms with van der Waals surface area (Å²) >= 11 is 0. The first-order chi connectivity index (χ1) is 12.0. The molecule has 0 spiro atoms. The lowest BCUT2D eigenvalue weighted by Gasteiger charge is -2.33. The van der Waals surface area contributed by atoms with E-state index in [1.54, 1.807) is 6.92 Å². The van der Waals surface area contributed by atoms with E-state index in [-0.39, 0.29) is 24.3 Å². The number of carbonyl (C=O) groups is 3. The molecule has 2 aliphatic rings. The summed E-state index contributed by atoms with van der Waals surface area (Å²) in [5.41, 5.74) is 0. The number of hydrogen-bond donors (Lipinski definition) is 3. The fraction of sp³-hybridized carbons (Fsp3) is 0.833. The molecule has 0 aromatic carbocycles. The molecule has 0 saturated carbocycles. The van der Waals surface area contributed by atoms with Gasteiger partial charge in [0.1, 0.15) is 0 Å². The number of likely N-dealkylation sites (tertiary alicyclic amines) is 1. The molecule has 2 heterocycles. The Morgan fingerprint density at radius 2 is 1.96 bits per heavy atom. The van der Waals surface area contributed by atoms with Crippen LogP contribution in [0, 0.1) is 17.8 Å². The first-order valence-corrected chi connectivity index (χ1v) is 9.46. The van der Waals surface area contributed by atoms with Crippen LogP contribution in [0.2, 0.25) is 0 Å². The minimum atomic E-state index is -0.918. The maximum absolute atomic E-state index is 12.5. The molecule has 0 bridgehead atoms. The number of carboxylic acids is 1. The highest BCUT2D eigenvalue weighted by Crippen LogP contribution is 2.21. The molecule has 25 heavy (non-hydrogen) atoms. The first-order valence-electron chi connectivity index (χ1n) is 9.46. The number of nitrogens with one attached hydrogen (secondary N) is 2. The highest BCUT2D eigenvalue weighted by molar-refractivity contribution is 5.82. The molecule has 1 unspecified atom stereocenters. The van der Waals surface area contributed by atoms with Crippen LogP contribution in [-0.2, 0) is 14.4 Å². The van der Waals surface area contributed by atoms with Gasteiger partial charge in [-0.3, -0.25) is 14.4 Å². The quantitative estimate of drug-likeness (QED) is 0.630. The Morgan fingerprint density at radius 1 is 1.24 bits per heavy atom. The second-order valence-corrected chi connectivity index (χ2v) is 7.40. The molecule has 2 rings (SSSR count). The summed E-state index contributed by atoms with van der Waals surface area (Å²) in [5.74, 6) is -1.10. The van der Waals surface area contributed by atoms with Crippen molar-refractivity contribution in [1.29, 1.82) is 0 Å². The van der Waals surface area contributed by atoms with Gasteiger partial charge in [0, 0.05) is 26.1 Å². The van der Waals surface area contributed by atoms with Crippen molar-refractivity contribution in [3.8, 4) is 0 Å². The van der Waals surface area contributed by atoms with Crippen LogP contribution in [0.1, 0.15) is 45.4 Å². The zero-order valence-electron chi connectivity index (χ0n) is 15.1. The van der Waals surface area contributed by atoms with Gasteiger partial charge in [-0.25, -0.2) is 0 Å². The summed E-state index contributed by atoms with van der Waals surface area (Å²) < 4.78 is 0. The summed E-state index contributed by atoms with van der Waals surface area (Å²) in [6.45, 7) is 4.96. The molecule has 0 aliphatic carbocycles. The summed E-state index contributed by atoms with van der Waals surface area (Å²) in [4.78, 5) is 37.4. The molecule has 2 aliphatic heterocycles. The molecule has 2 fully saturated rings. The zero-order chi connectivity index (χ0) is 18.2. The van der Waals surface area contributed by atoms with Gasteiger partial charge in [0.2, 0.25) is 11.8 Å². The lowest BCUT2D eigenvalue weighted by molar-refractivity contribution is -0.141. The third-order valence-corrected chi connectivity index (χ3v) is 5.37. The number of carbonyl (C=O) groups excluding carboxylic acids is 2. The molecule has 3 N–H and O–H groups in total. The van der Waals surface area contributed by atoms with Gasteiger partial charge in [-0.15, -0.1) is 0 Å². The van der Waals surface area contributed by atoms with Crippen molar-refractivity contribution in [2.75, 3.05) is 32.7 Å². The number of nitrogens with zero attached hydrogens (tertiary/aromatic N) is 1. The van der Waals surface area contributed by atoms with E-state index in [4.69, 9.17) is 5.11 Å². The van der Waals surface area contributed by atoms with Crippen molar-refractivity contribution in [3.05, 3.63) is 0 Å². The minimum Gasteiger partial charge on any atom is -0.481 e. The van der Waals surface area contributed by atoms with E-state index in [0.717, 1.165) is 51.7 Å². The standard InChI is InChI=1S/C18H31N3O4/c1-13(18(24)25)11-20-17(23)15-3-2-10-21(12-15)16(22)5-4-14-6-8-19-9-7-14/h13-15,19H,2-12H2,1H3,(H,20,23)(H,24,25)/t13?,15-/m1/s1. The van der Waals surface area contributed by atoms with E-state index in [0.29, 0.717) is 18.9 Å². The molecular weight excluding hydrogens is 322 g/mol. The summed E-state index contributed by atoms with van der Waals surface area (Å²) in [5, 5.41) is 14.9. The average molecular weight is 353 g/mol. The van der Waals surface area contributed by atoms with Gasteiger partial charge in [0.05, 0.1) is 11.8 Å². The van der Waals surface area contributed by atoms with Crippen LogP contribution in [0.4, 0.5) is 0 Å². The number of amides is 2. The monoisotopic (exact) mass is 353 g/mol. The lowest BCUT2D eigenvalue weighted by atomic mass is 9.92. The van der Waals surface area contributed by atoms with Crippen LogP contribution in [0.25, 0.3) is 0 Å². The number of carboxylic acid groups (broad SMARTS) is 1. The highest BCUT2D eigenvalue weighted by Gasteiger charge is 2.29. The van der Waals surface area contributed by atoms with Crippen LogP contribution in [-0.4, -0.2) is 60.5 Å². The Morgan fingerprint density at radius 3 is 2.64 bits per heavy atom. The Kier molecular flexibility index (Phi) is 7.68. The van der Waals surface area contributed by atoms with Crippen molar-refractivity contribution in [1.82, 2.24) is 15.5 Å². The second-order valence-electron chi connectivity index (χ2n) is 7.40. The van der Waals surface area contributed by atoms with Gasteiger partial charge in [-0.2, -0.15) is 0 Å². The number of piperidine rings is 2. The van der Waals surface area contributed by atoms with E-state index >= 15 is 0 Å². The van der Waals surface area contributed by atoms with E-state index in [9.17, 15) is 14.4 Å². The maximum Gasteiger partial charge on any atom is 0.308 e. The van der Waals surface area contributed by atoms with Crippen molar-refractivity contribution in [3.63, 3.8) is 0 Å². The summed E-state index contributed by atoms with van der Waals surface area (Å²) in [6, 6.07) is 0. The van der Waals surface area contributed by atoms with Gasteiger partial charge in [0.25, 0.3) is 0 Å². The Bertz CT molecular complexity index is 477. The third-order valence-electron chi connectivity index (χ3n) is 5.37. The van der Waals surface area contributed by atoms with Crippen molar-refractivity contribution in [2.24, 2.45) is 17.8 Å². The predicted molar refractivity (Wildman–Crippen MR) is 93.9 cm³/mol. The molecule has 0 aromatic heterocycles. The molecular formula is C18H31N3O4. The molecule has 142 valence electrons. The Balaban J connectivity index is 1.74. The SMILES string of the molecule is CC(CNC(=O)[C@@H]1CCCN(C(=O)CCC2CCNCC2)C1)C(=O)O. The van der Waals surface area contributed by atoms with E-state index in [1.807, 2.05) is 4.90 Å². The van der Waals surface area contributed by atoms with Gasteiger partial charge < -0.3 is 20.6 Å². The summed E-state index contributed by atoms with van der Waals surface area (Å²) in [7, 11) is 0. The van der Waals surface area contributed by atoms with Crippen LogP contribution in [0.3, 0.4) is 0 Å². The molecule has 2 amide bonds. The molecule has 0 radical (unpaired) electrons. The zero-order valence-corrected chi connectivity index (χ0v) is 15.1. The largest absolute Gasteiger partial charge is 0.481 e. The van der Waals surface area contributed by atoms with Crippen molar-refractivity contribution in [2.45, 2.75) is 45.4 Å². The van der Waals surface area contributed by atoms with Crippen molar-refractivity contribution < 1.29 is 19.5 Å². The number of rotatable bonds is 7. The Hall–Kier alpha value is -1.63. The molecule has 7 nitrogen and oxygen atoms in total. The van der Waals surface area contributed by atoms with Gasteiger partial charge in [-0.05, 0) is 51.1 Å². The molecule has 7 heteroatoms. The Labute approximate surface area is 149 Å². The van der Waals surface area contributed by atoms with Gasteiger partial charge in [0.15, 0.2) is 0 Å². The van der Waals surface area contributed by atoms with Crippen LogP contribution < -0.4 is 10.6 Å². The molecule has 0 aromatic rings. The average Bonchev–Trinajstić information content (AvgIpc) is 2.64. The normalized spacial score (nSPS) is 23.1. The minimum absolute atomic E-state index is 0.133. The predicted octanol–water partition coefficient (Wildman–Crippen LogP) is 0.842. The number of hydrogen-bond acceptors (Lipinski definition) is 4. The van der Waals surface area contributed by atoms with Gasteiger partial charge >= 0.3 is 5.97 Å². The highest BCUT2D eigenvalue weighted by atomic mass is 16.4. The lowest BCUT2D eigenvalue weighted by Crippen LogP contribution is -2.46. The fourth-order valence-electron chi connectivity index (χ4n) is 3.56. The summed E-state index contributed by atoms with van der Waals surface area (Å²) in [6.07, 6.45) is 5.36. The second kappa shape index (κ2) is 9.75.